The van der Waals surface area contributed by atoms with Gasteiger partial charge in [0.1, 0.15) is 0 Å². The predicted octanol–water partition coefficient (Wildman–Crippen LogP) is 7.28. The molecule has 1 aromatic rings. The van der Waals surface area contributed by atoms with E-state index in [0.29, 0.717) is 17.4 Å². The fourth-order valence-corrected chi connectivity index (χ4v) is 4.88. The first-order valence-electron chi connectivity index (χ1n) is 12.6. The van der Waals surface area contributed by atoms with Gasteiger partial charge in [-0.15, -0.1) is 0 Å². The second kappa shape index (κ2) is 12.0. The number of hydrogen-bond acceptors (Lipinski definition) is 3. The lowest BCUT2D eigenvalue weighted by molar-refractivity contribution is 0.570. The van der Waals surface area contributed by atoms with Crippen molar-refractivity contribution in [3.63, 3.8) is 0 Å². The largest absolute Gasteiger partial charge is 0.316 e. The van der Waals surface area contributed by atoms with Gasteiger partial charge >= 0.3 is 0 Å². The van der Waals surface area contributed by atoms with Crippen LogP contribution in [0.1, 0.15) is 61.9 Å². The van der Waals surface area contributed by atoms with Gasteiger partial charge in [-0.25, -0.2) is 0 Å². The predicted molar refractivity (Wildman–Crippen MR) is 145 cm³/mol. The van der Waals surface area contributed by atoms with Crippen molar-refractivity contribution in [2.24, 2.45) is 17.8 Å². The molecule has 0 spiro atoms. The molecule has 0 aromatic carbocycles. The third-order valence-corrected chi connectivity index (χ3v) is 6.78. The smallest absolute Gasteiger partial charge is 0.0991 e. The maximum absolute atomic E-state index is 9.47. The van der Waals surface area contributed by atoms with E-state index in [4.69, 9.17) is 4.98 Å². The van der Waals surface area contributed by atoms with Gasteiger partial charge in [-0.05, 0) is 104 Å². The lowest BCUT2D eigenvalue weighted by atomic mass is 9.83. The number of rotatable bonds is 8. The quantitative estimate of drug-likeness (QED) is 0.332. The number of pyridine rings is 1. The van der Waals surface area contributed by atoms with Gasteiger partial charge < -0.3 is 5.32 Å². The highest BCUT2D eigenvalue weighted by Crippen LogP contribution is 2.46. The van der Waals surface area contributed by atoms with Crippen LogP contribution in [0.3, 0.4) is 0 Å². The highest BCUT2D eigenvalue weighted by atomic mass is 14.8. The number of nitrogens with one attached hydrogen (secondary N) is 1. The highest BCUT2D eigenvalue weighted by Gasteiger charge is 2.31. The SMILES string of the molecule is C=C/C=C(C#N)\C=C(/C=C)C(C)/C=C(\c1c(C)ncc(C)c1/C1=C\[C@@H](C)CNCCC1)C1CC1. The molecule has 1 unspecified atom stereocenters. The summed E-state index contributed by atoms with van der Waals surface area (Å²) in [7, 11) is 0. The summed E-state index contributed by atoms with van der Waals surface area (Å²) in [5.41, 5.74) is 9.58. The minimum atomic E-state index is 0.136. The molecule has 2 heterocycles. The molecule has 34 heavy (non-hydrogen) atoms. The summed E-state index contributed by atoms with van der Waals surface area (Å²) in [5, 5.41) is 13.0. The normalized spacial score (nSPS) is 22.6. The average Bonchev–Trinajstić information content (AvgIpc) is 3.64. The van der Waals surface area contributed by atoms with Crippen molar-refractivity contribution in [2.75, 3.05) is 13.1 Å². The maximum Gasteiger partial charge on any atom is 0.0991 e. The zero-order valence-corrected chi connectivity index (χ0v) is 21.3. The Kier molecular flexibility index (Phi) is 9.02. The summed E-state index contributed by atoms with van der Waals surface area (Å²) in [6.45, 7) is 18.7. The number of nitriles is 1. The van der Waals surface area contributed by atoms with Crippen LogP contribution in [0, 0.1) is 42.9 Å². The van der Waals surface area contributed by atoms with Gasteiger partial charge in [-0.2, -0.15) is 5.26 Å². The lowest BCUT2D eigenvalue weighted by Crippen LogP contribution is -2.23. The Morgan fingerprint density at radius 3 is 2.71 bits per heavy atom. The van der Waals surface area contributed by atoms with Crippen molar-refractivity contribution in [3.8, 4) is 6.07 Å². The van der Waals surface area contributed by atoms with Crippen LogP contribution in [0.5, 0.6) is 0 Å². The van der Waals surface area contributed by atoms with Crippen molar-refractivity contribution in [1.29, 1.82) is 5.26 Å². The van der Waals surface area contributed by atoms with Gasteiger partial charge in [0.25, 0.3) is 0 Å². The van der Waals surface area contributed by atoms with E-state index in [1.54, 1.807) is 12.2 Å². The van der Waals surface area contributed by atoms with E-state index in [2.05, 4.69) is 64.4 Å². The van der Waals surface area contributed by atoms with Gasteiger partial charge in [-0.1, -0.05) is 51.3 Å². The van der Waals surface area contributed by atoms with Crippen LogP contribution in [0.2, 0.25) is 0 Å². The number of allylic oxidation sites excluding steroid dienone is 9. The number of hydrogen-bond donors (Lipinski definition) is 1. The van der Waals surface area contributed by atoms with Crippen LogP contribution in [-0.2, 0) is 0 Å². The molecular weight excluding hydrogens is 414 g/mol. The van der Waals surface area contributed by atoms with Crippen LogP contribution >= 0.6 is 0 Å². The Morgan fingerprint density at radius 1 is 1.29 bits per heavy atom. The van der Waals surface area contributed by atoms with Gasteiger partial charge in [0.2, 0.25) is 0 Å². The Hall–Kier alpha value is -2.96. The first-order valence-corrected chi connectivity index (χ1v) is 12.6. The summed E-state index contributed by atoms with van der Waals surface area (Å²) in [5.74, 6) is 1.21. The van der Waals surface area contributed by atoms with Crippen molar-refractivity contribution >= 4 is 11.1 Å². The molecule has 3 nitrogen and oxygen atoms in total. The molecule has 1 fully saturated rings. The molecule has 3 heteroatoms. The average molecular weight is 454 g/mol. The van der Waals surface area contributed by atoms with Crippen molar-refractivity contribution in [2.45, 2.75) is 53.4 Å². The summed E-state index contributed by atoms with van der Waals surface area (Å²) in [4.78, 5) is 4.81. The molecular formula is C31H39N3. The minimum Gasteiger partial charge on any atom is -0.316 e. The van der Waals surface area contributed by atoms with E-state index in [0.717, 1.165) is 37.2 Å². The molecule has 3 rings (SSSR count). The van der Waals surface area contributed by atoms with Gasteiger partial charge in [0.15, 0.2) is 0 Å². The zero-order valence-electron chi connectivity index (χ0n) is 21.3. The van der Waals surface area contributed by atoms with E-state index in [1.807, 2.05) is 18.3 Å². The fourth-order valence-electron chi connectivity index (χ4n) is 4.88. The topological polar surface area (TPSA) is 48.7 Å². The lowest BCUT2D eigenvalue weighted by Gasteiger charge is -2.24. The van der Waals surface area contributed by atoms with Crippen LogP contribution in [0.25, 0.3) is 11.1 Å². The molecule has 1 aliphatic carbocycles. The summed E-state index contributed by atoms with van der Waals surface area (Å²) < 4.78 is 0. The summed E-state index contributed by atoms with van der Waals surface area (Å²) in [6.07, 6.45) is 18.8. The molecule has 2 aliphatic rings. The van der Waals surface area contributed by atoms with Gasteiger partial charge in [0, 0.05) is 24.0 Å². The Morgan fingerprint density at radius 2 is 2.06 bits per heavy atom. The maximum atomic E-state index is 9.47. The van der Waals surface area contributed by atoms with Crippen molar-refractivity contribution < 1.29 is 0 Å². The van der Waals surface area contributed by atoms with Crippen molar-refractivity contribution in [1.82, 2.24) is 10.3 Å². The van der Waals surface area contributed by atoms with Crippen LogP contribution in [0.4, 0.5) is 0 Å². The molecule has 1 aliphatic heterocycles. The number of aryl methyl sites for hydroxylation is 2. The van der Waals surface area contributed by atoms with Crippen LogP contribution in [-0.4, -0.2) is 18.1 Å². The van der Waals surface area contributed by atoms with Gasteiger partial charge in [0.05, 0.1) is 11.6 Å². The zero-order chi connectivity index (χ0) is 24.7. The molecule has 1 aromatic heterocycles. The molecule has 0 bridgehead atoms. The van der Waals surface area contributed by atoms with E-state index < -0.39 is 0 Å². The Bertz CT molecular complexity index is 1090. The van der Waals surface area contributed by atoms with E-state index in [-0.39, 0.29) is 5.92 Å². The van der Waals surface area contributed by atoms with E-state index >= 15 is 0 Å². The summed E-state index contributed by atoms with van der Waals surface area (Å²) in [6, 6.07) is 2.25. The third-order valence-electron chi connectivity index (χ3n) is 6.78. The van der Waals surface area contributed by atoms with Crippen molar-refractivity contribution in [3.05, 3.63) is 89.3 Å². The van der Waals surface area contributed by atoms with Crippen LogP contribution < -0.4 is 5.32 Å². The first kappa shape index (κ1) is 25.7. The van der Waals surface area contributed by atoms with E-state index in [1.165, 1.54) is 40.7 Å². The Balaban J connectivity index is 2.14. The van der Waals surface area contributed by atoms with Gasteiger partial charge in [-0.3, -0.25) is 4.98 Å². The first-order chi connectivity index (χ1) is 16.4. The molecule has 178 valence electrons. The molecule has 1 saturated carbocycles. The monoisotopic (exact) mass is 453 g/mol. The second-order valence-electron chi connectivity index (χ2n) is 9.76. The molecule has 2 atom stereocenters. The second-order valence-corrected chi connectivity index (χ2v) is 9.76. The number of nitrogens with zero attached hydrogens (tertiary/aromatic N) is 2. The minimum absolute atomic E-state index is 0.136. The molecule has 0 radical (unpaired) electrons. The standard InChI is InChI=1S/C31H39N3/c1-7-10-25(18-32)17-26(8-2)22(4)16-29(27-12-13-27)31-24(6)34-20-23(5)30(31)28-11-9-14-33-19-21(3)15-28/h7-8,10,15-17,20-22,27,33H,1-2,9,11-14,19H2,3-6H3/b25-10+,26-17+,28-15-,29-16-/t21-,22?/m1/s1. The Labute approximate surface area is 206 Å². The molecule has 1 N–H and O–H groups in total. The fraction of sp³-hybridized carbons (Fsp3) is 0.419. The third kappa shape index (κ3) is 6.33. The summed E-state index contributed by atoms with van der Waals surface area (Å²) >= 11 is 0. The molecule has 0 saturated heterocycles. The molecule has 0 amide bonds. The van der Waals surface area contributed by atoms with E-state index in [9.17, 15) is 5.26 Å². The highest BCUT2D eigenvalue weighted by molar-refractivity contribution is 5.84. The number of aromatic nitrogens is 1. The van der Waals surface area contributed by atoms with Crippen LogP contribution in [0.15, 0.2) is 67.0 Å².